The molecule has 0 atom stereocenters. The standard InChI is InChI=1S/C17H17N3O2/c1-3-22-15(21)11-14-16(13-7-5-12(2)6-8-13)19-20-10-4-9-18-17(14)20/h4-10H,3,11H2,1-2H3. The molecule has 5 heteroatoms. The van der Waals surface area contributed by atoms with Crippen molar-refractivity contribution in [3.05, 3.63) is 53.9 Å². The van der Waals surface area contributed by atoms with Crippen LogP contribution in [-0.4, -0.2) is 27.2 Å². The van der Waals surface area contributed by atoms with Crippen molar-refractivity contribution in [2.75, 3.05) is 6.61 Å². The second-order valence-electron chi connectivity index (χ2n) is 5.06. The van der Waals surface area contributed by atoms with Crippen LogP contribution in [-0.2, 0) is 16.0 Å². The van der Waals surface area contributed by atoms with Gasteiger partial charge in [-0.05, 0) is 19.9 Å². The van der Waals surface area contributed by atoms with E-state index in [1.807, 2.05) is 43.5 Å². The van der Waals surface area contributed by atoms with Crippen LogP contribution in [0.2, 0.25) is 0 Å². The van der Waals surface area contributed by atoms with Gasteiger partial charge in [-0.3, -0.25) is 4.79 Å². The van der Waals surface area contributed by atoms with Gasteiger partial charge in [0.2, 0.25) is 0 Å². The first-order valence-electron chi connectivity index (χ1n) is 7.24. The van der Waals surface area contributed by atoms with Gasteiger partial charge in [0.1, 0.15) is 0 Å². The average Bonchev–Trinajstić information content (AvgIpc) is 2.87. The van der Waals surface area contributed by atoms with E-state index in [9.17, 15) is 4.79 Å². The summed E-state index contributed by atoms with van der Waals surface area (Å²) in [5.41, 5.74) is 4.40. The molecule has 22 heavy (non-hydrogen) atoms. The van der Waals surface area contributed by atoms with Gasteiger partial charge in [0.05, 0.1) is 18.7 Å². The number of hydrogen-bond donors (Lipinski definition) is 0. The van der Waals surface area contributed by atoms with E-state index < -0.39 is 0 Å². The molecule has 0 radical (unpaired) electrons. The summed E-state index contributed by atoms with van der Waals surface area (Å²) < 4.78 is 6.77. The lowest BCUT2D eigenvalue weighted by atomic mass is 10.0. The lowest BCUT2D eigenvalue weighted by molar-refractivity contribution is -0.142. The molecule has 0 bridgehead atoms. The molecule has 0 aliphatic rings. The lowest BCUT2D eigenvalue weighted by Gasteiger charge is -2.04. The van der Waals surface area contributed by atoms with Gasteiger partial charge in [0.15, 0.2) is 5.65 Å². The average molecular weight is 295 g/mol. The van der Waals surface area contributed by atoms with E-state index in [1.54, 1.807) is 17.6 Å². The maximum Gasteiger partial charge on any atom is 0.310 e. The van der Waals surface area contributed by atoms with Gasteiger partial charge in [0, 0.05) is 23.5 Å². The molecule has 0 fully saturated rings. The summed E-state index contributed by atoms with van der Waals surface area (Å²) in [4.78, 5) is 16.3. The summed E-state index contributed by atoms with van der Waals surface area (Å²) in [6.07, 6.45) is 3.69. The van der Waals surface area contributed by atoms with Crippen molar-refractivity contribution in [2.24, 2.45) is 0 Å². The summed E-state index contributed by atoms with van der Waals surface area (Å²) in [6.45, 7) is 4.20. The highest BCUT2D eigenvalue weighted by atomic mass is 16.5. The van der Waals surface area contributed by atoms with Crippen LogP contribution in [0.1, 0.15) is 18.1 Å². The van der Waals surface area contributed by atoms with E-state index in [1.165, 1.54) is 5.56 Å². The number of hydrogen-bond acceptors (Lipinski definition) is 4. The number of nitrogens with zero attached hydrogens (tertiary/aromatic N) is 3. The highest BCUT2D eigenvalue weighted by Crippen LogP contribution is 2.26. The lowest BCUT2D eigenvalue weighted by Crippen LogP contribution is -2.08. The molecule has 0 amide bonds. The molecule has 2 aromatic heterocycles. The van der Waals surface area contributed by atoms with Crippen molar-refractivity contribution in [3.8, 4) is 11.3 Å². The second-order valence-corrected chi connectivity index (χ2v) is 5.06. The number of fused-ring (bicyclic) bond motifs is 1. The van der Waals surface area contributed by atoms with Gasteiger partial charge in [0.25, 0.3) is 0 Å². The molecule has 0 saturated carbocycles. The summed E-state index contributed by atoms with van der Waals surface area (Å²) in [5, 5.41) is 4.57. The summed E-state index contributed by atoms with van der Waals surface area (Å²) >= 11 is 0. The maximum absolute atomic E-state index is 11.9. The van der Waals surface area contributed by atoms with Crippen LogP contribution < -0.4 is 0 Å². The Morgan fingerprint density at radius 2 is 2.05 bits per heavy atom. The van der Waals surface area contributed by atoms with Gasteiger partial charge in [-0.25, -0.2) is 9.50 Å². The molecule has 0 saturated heterocycles. The fourth-order valence-electron chi connectivity index (χ4n) is 2.40. The highest BCUT2D eigenvalue weighted by molar-refractivity contribution is 5.81. The Kier molecular flexibility index (Phi) is 3.87. The third-order valence-electron chi connectivity index (χ3n) is 3.44. The highest BCUT2D eigenvalue weighted by Gasteiger charge is 2.18. The summed E-state index contributed by atoms with van der Waals surface area (Å²) in [6, 6.07) is 9.88. The molecule has 2 heterocycles. The number of aryl methyl sites for hydroxylation is 1. The topological polar surface area (TPSA) is 56.5 Å². The van der Waals surface area contributed by atoms with Crippen LogP contribution in [0.5, 0.6) is 0 Å². The molecule has 3 rings (SSSR count). The predicted octanol–water partition coefficient (Wildman–Crippen LogP) is 2.81. The molecule has 0 aliphatic carbocycles. The monoisotopic (exact) mass is 295 g/mol. The SMILES string of the molecule is CCOC(=O)Cc1c(-c2ccc(C)cc2)nn2cccnc12. The Morgan fingerprint density at radius 3 is 2.77 bits per heavy atom. The number of aromatic nitrogens is 3. The Labute approximate surface area is 128 Å². The first kappa shape index (κ1) is 14.3. The Hall–Kier alpha value is -2.69. The van der Waals surface area contributed by atoms with Crippen molar-refractivity contribution in [1.82, 2.24) is 14.6 Å². The van der Waals surface area contributed by atoms with Crippen molar-refractivity contribution in [1.29, 1.82) is 0 Å². The number of carbonyl (C=O) groups excluding carboxylic acids is 1. The molecule has 1 aromatic carbocycles. The molecule has 0 N–H and O–H groups in total. The number of esters is 1. The minimum absolute atomic E-state index is 0.164. The number of ether oxygens (including phenoxy) is 1. The van der Waals surface area contributed by atoms with E-state index >= 15 is 0 Å². The van der Waals surface area contributed by atoms with Gasteiger partial charge in [-0.1, -0.05) is 29.8 Å². The van der Waals surface area contributed by atoms with Crippen LogP contribution in [0, 0.1) is 6.92 Å². The fraction of sp³-hybridized carbons (Fsp3) is 0.235. The largest absolute Gasteiger partial charge is 0.466 e. The van der Waals surface area contributed by atoms with Crippen molar-refractivity contribution < 1.29 is 9.53 Å². The summed E-state index contributed by atoms with van der Waals surface area (Å²) in [5.74, 6) is -0.267. The number of carbonyl (C=O) groups is 1. The fourth-order valence-corrected chi connectivity index (χ4v) is 2.40. The van der Waals surface area contributed by atoms with Gasteiger partial charge in [-0.2, -0.15) is 5.10 Å². The van der Waals surface area contributed by atoms with E-state index in [0.29, 0.717) is 12.3 Å². The molecular formula is C17H17N3O2. The predicted molar refractivity (Wildman–Crippen MR) is 83.5 cm³/mol. The molecule has 0 spiro atoms. The Morgan fingerprint density at radius 1 is 1.27 bits per heavy atom. The maximum atomic E-state index is 11.9. The Bertz CT molecular complexity index is 806. The van der Waals surface area contributed by atoms with E-state index in [-0.39, 0.29) is 12.4 Å². The quantitative estimate of drug-likeness (QED) is 0.694. The van der Waals surface area contributed by atoms with E-state index in [0.717, 1.165) is 16.8 Å². The van der Waals surface area contributed by atoms with Crippen LogP contribution in [0.3, 0.4) is 0 Å². The van der Waals surface area contributed by atoms with Crippen molar-refractivity contribution in [2.45, 2.75) is 20.3 Å². The third-order valence-corrected chi connectivity index (χ3v) is 3.44. The van der Waals surface area contributed by atoms with Gasteiger partial charge >= 0.3 is 5.97 Å². The zero-order valence-corrected chi connectivity index (χ0v) is 12.6. The molecular weight excluding hydrogens is 278 g/mol. The molecule has 0 aliphatic heterocycles. The zero-order valence-electron chi connectivity index (χ0n) is 12.6. The minimum atomic E-state index is -0.267. The Balaban J connectivity index is 2.11. The molecule has 112 valence electrons. The van der Waals surface area contributed by atoms with Crippen LogP contribution in [0.25, 0.3) is 16.9 Å². The number of rotatable bonds is 4. The second kappa shape index (κ2) is 5.97. The number of benzene rings is 1. The van der Waals surface area contributed by atoms with E-state index in [2.05, 4.69) is 10.1 Å². The smallest absolute Gasteiger partial charge is 0.310 e. The molecule has 0 unspecified atom stereocenters. The normalized spacial score (nSPS) is 10.8. The zero-order chi connectivity index (χ0) is 15.5. The van der Waals surface area contributed by atoms with Crippen LogP contribution >= 0.6 is 0 Å². The van der Waals surface area contributed by atoms with Crippen molar-refractivity contribution >= 4 is 11.6 Å². The summed E-state index contributed by atoms with van der Waals surface area (Å²) in [7, 11) is 0. The first-order valence-corrected chi connectivity index (χ1v) is 7.24. The first-order chi connectivity index (χ1) is 10.7. The van der Waals surface area contributed by atoms with Gasteiger partial charge < -0.3 is 4.74 Å². The van der Waals surface area contributed by atoms with Crippen LogP contribution in [0.15, 0.2) is 42.7 Å². The minimum Gasteiger partial charge on any atom is -0.466 e. The van der Waals surface area contributed by atoms with E-state index in [4.69, 9.17) is 4.74 Å². The van der Waals surface area contributed by atoms with Crippen LogP contribution in [0.4, 0.5) is 0 Å². The van der Waals surface area contributed by atoms with Gasteiger partial charge in [-0.15, -0.1) is 0 Å². The van der Waals surface area contributed by atoms with Crippen molar-refractivity contribution in [3.63, 3.8) is 0 Å². The molecule has 5 nitrogen and oxygen atoms in total. The molecule has 3 aromatic rings. The third kappa shape index (κ3) is 2.70.